The first kappa shape index (κ1) is 66.1. The lowest BCUT2D eigenvalue weighted by Crippen LogP contribution is -2.63. The molecule has 5 heterocycles. The first-order valence-electron chi connectivity index (χ1n) is 29.3. The summed E-state index contributed by atoms with van der Waals surface area (Å²) in [7, 11) is 5.87. The van der Waals surface area contributed by atoms with Crippen molar-refractivity contribution in [3.05, 3.63) is 87.2 Å². The molecule has 3 fully saturated rings. The predicted octanol–water partition coefficient (Wildman–Crippen LogP) is 6.42. The van der Waals surface area contributed by atoms with Gasteiger partial charge in [-0.2, -0.15) is 5.10 Å². The molecule has 0 saturated carbocycles. The molecule has 2 aromatic carbocycles. The number of primary amides is 1. The Balaban J connectivity index is 0.826. The van der Waals surface area contributed by atoms with Gasteiger partial charge in [-0.05, 0) is 94.7 Å². The van der Waals surface area contributed by atoms with Crippen LogP contribution in [0.3, 0.4) is 0 Å². The van der Waals surface area contributed by atoms with Crippen molar-refractivity contribution in [2.75, 3.05) is 70.6 Å². The number of aryl methyl sites for hydroxylation is 1. The zero-order valence-electron chi connectivity index (χ0n) is 51.3. The van der Waals surface area contributed by atoms with Gasteiger partial charge < -0.3 is 54.4 Å². The molecule has 5 aliphatic rings. The number of rotatable bonds is 20. The maximum Gasteiger partial charge on any atom is 0.409 e. The van der Waals surface area contributed by atoms with E-state index in [2.05, 4.69) is 24.5 Å². The second kappa shape index (κ2) is 27.3. The van der Waals surface area contributed by atoms with Crippen molar-refractivity contribution in [2.45, 2.75) is 153 Å². The number of alkyl carbamates (subject to hydrolysis) is 1. The molecular weight excluding hydrogens is 1160 g/mol. The fraction of sp³-hybridized carbons (Fsp3) is 0.565. The number of ether oxygens (including phenoxy) is 6. The van der Waals surface area contributed by atoms with E-state index in [1.165, 1.54) is 54.7 Å². The molecule has 6 amide bonds. The number of ketones is 1. The second-order valence-corrected chi connectivity index (χ2v) is 25.9. The predicted molar refractivity (Wildman–Crippen MR) is 325 cm³/mol. The van der Waals surface area contributed by atoms with E-state index >= 15 is 0 Å². The molecule has 0 spiro atoms. The van der Waals surface area contributed by atoms with Gasteiger partial charge in [0.25, 0.3) is 5.91 Å². The zero-order valence-corrected chi connectivity index (χ0v) is 52.9. The lowest BCUT2D eigenvalue weighted by Gasteiger charge is -2.42. The molecule has 3 aromatic rings. The number of hydrogen-bond donors (Lipinski definition) is 4. The van der Waals surface area contributed by atoms with E-state index in [0.717, 1.165) is 16.8 Å². The lowest BCUT2D eigenvalue weighted by atomic mass is 9.75. The van der Waals surface area contributed by atoms with Gasteiger partial charge >= 0.3 is 12.1 Å². The Morgan fingerprint density at radius 3 is 2.48 bits per heavy atom. The van der Waals surface area contributed by atoms with Gasteiger partial charge in [0.05, 0.1) is 58.8 Å². The van der Waals surface area contributed by atoms with Gasteiger partial charge in [0.1, 0.15) is 40.7 Å². The fourth-order valence-corrected chi connectivity index (χ4v) is 13.3. The number of epoxide rings is 1. The zero-order chi connectivity index (χ0) is 63.4. The number of aliphatic hydroxyl groups is 1. The van der Waals surface area contributed by atoms with Crippen LogP contribution < -0.4 is 26.0 Å². The summed E-state index contributed by atoms with van der Waals surface area (Å²) in [5.74, 6) is -3.09. The third-order valence-electron chi connectivity index (χ3n) is 17.0. The number of imide groups is 1. The summed E-state index contributed by atoms with van der Waals surface area (Å²) in [6.45, 7) is 14.0. The highest BCUT2D eigenvalue weighted by Crippen LogP contribution is 2.49. The molecule has 1 aromatic heterocycles. The monoisotopic (exact) mass is 1240 g/mol. The molecule has 25 heteroatoms. The number of carbonyl (C=O) groups excluding carboxylic acids is 8. The Labute approximate surface area is 516 Å². The van der Waals surface area contributed by atoms with Crippen LogP contribution in [0.4, 0.5) is 16.2 Å². The fourth-order valence-electron chi connectivity index (χ4n) is 11.9. The third kappa shape index (κ3) is 14.9. The highest BCUT2D eigenvalue weighted by molar-refractivity contribution is 8.00. The minimum absolute atomic E-state index is 0.0280. The van der Waals surface area contributed by atoms with Crippen molar-refractivity contribution in [3.8, 4) is 11.4 Å². The van der Waals surface area contributed by atoms with Crippen LogP contribution in [-0.2, 0) is 60.5 Å². The molecule has 1 aliphatic carbocycles. The molecule has 5 N–H and O–H groups in total. The van der Waals surface area contributed by atoms with Gasteiger partial charge in [-0.3, -0.25) is 39.0 Å². The summed E-state index contributed by atoms with van der Waals surface area (Å²) < 4.78 is 37.1. The number of benzene rings is 2. The molecule has 8 rings (SSSR count). The Morgan fingerprint density at radius 2 is 1.77 bits per heavy atom. The van der Waals surface area contributed by atoms with Crippen LogP contribution in [0, 0.1) is 18.3 Å². The Kier molecular flexibility index (Phi) is 20.7. The molecule has 472 valence electrons. The van der Waals surface area contributed by atoms with Crippen LogP contribution in [0.5, 0.6) is 5.75 Å². The minimum atomic E-state index is -1.89. The number of Topliss-reactive ketones (excluding diaryl/α,β-unsaturated/α-hetero) is 1. The molecule has 4 bridgehead atoms. The normalized spacial score (nSPS) is 26.8. The van der Waals surface area contributed by atoms with Crippen molar-refractivity contribution in [2.24, 2.45) is 17.1 Å². The molecule has 0 radical (unpaired) electrons. The van der Waals surface area contributed by atoms with E-state index in [9.17, 15) is 43.5 Å². The van der Waals surface area contributed by atoms with Crippen LogP contribution in [0.1, 0.15) is 124 Å². The number of anilines is 2. The molecular formula is C62H81ClN8O15S. The highest BCUT2D eigenvalue weighted by atomic mass is 35.5. The summed E-state index contributed by atoms with van der Waals surface area (Å²) in [6, 6.07) is 7.58. The van der Waals surface area contributed by atoms with Crippen molar-refractivity contribution >= 4 is 82.1 Å². The topological polar surface area (TPSA) is 293 Å². The van der Waals surface area contributed by atoms with Crippen LogP contribution in [0.25, 0.3) is 5.69 Å². The largest absolute Gasteiger partial charge is 0.495 e. The molecule has 23 nitrogen and oxygen atoms in total. The van der Waals surface area contributed by atoms with Crippen LogP contribution >= 0.6 is 23.4 Å². The van der Waals surface area contributed by atoms with Gasteiger partial charge in [0, 0.05) is 90.5 Å². The summed E-state index contributed by atoms with van der Waals surface area (Å²) in [4.78, 5) is 111. The molecule has 87 heavy (non-hydrogen) atoms. The molecule has 3 saturated heterocycles. The number of methoxy groups -OCH3 is 2. The summed E-state index contributed by atoms with van der Waals surface area (Å²) in [5.41, 5.74) is 7.95. The number of nitrogens with zero attached hydrogens (tertiary/aromatic N) is 5. The molecule has 9 atom stereocenters. The minimum Gasteiger partial charge on any atom is -0.495 e. The number of hydrogen-bond acceptors (Lipinski definition) is 18. The van der Waals surface area contributed by atoms with Crippen LogP contribution in [0.15, 0.2) is 54.1 Å². The second-order valence-electron chi connectivity index (χ2n) is 24.2. The number of halogens is 1. The highest BCUT2D eigenvalue weighted by Gasteiger charge is 2.64. The maximum atomic E-state index is 14.4. The van der Waals surface area contributed by atoms with Crippen LogP contribution in [-0.4, -0.2) is 179 Å². The number of nitrogens with one attached hydrogen (secondary N) is 2. The summed E-state index contributed by atoms with van der Waals surface area (Å²) in [5, 5.41) is 21.9. The van der Waals surface area contributed by atoms with E-state index in [4.69, 9.17) is 50.9 Å². The van der Waals surface area contributed by atoms with Gasteiger partial charge in [0.2, 0.25) is 23.6 Å². The average Bonchev–Trinajstić information content (AvgIpc) is 3.65. The van der Waals surface area contributed by atoms with Gasteiger partial charge in [-0.1, -0.05) is 56.2 Å². The number of amides is 6. The number of thioether (sulfide) groups is 1. The maximum absolute atomic E-state index is 14.4. The SMILES string of the molecule is COc1cc2cc(c1Cl)N(C)C(=O)C[C@H](OC(=O)[C@H](C)N(C)C(=O)CCSC1CC(=O)N(CCCOCCCNc3cc(-n4nc(C)c5c4CC(C)(C)CC5=O)ccc3C(N)=O)C1=O)[C@]1(C)O[C@H]1[C@H](C)[C@@H]1C[C@@](O)(NC(=O)O1)[C@H](OC)/C=C/C=C(\C)C2. The number of fused-ring (bicyclic) bond motifs is 6. The Morgan fingerprint density at radius 1 is 1.03 bits per heavy atom. The Bertz CT molecular complexity index is 3240. The number of aromatic nitrogens is 2. The molecule has 4 aliphatic heterocycles. The third-order valence-corrected chi connectivity index (χ3v) is 18.6. The first-order valence-corrected chi connectivity index (χ1v) is 30.7. The van der Waals surface area contributed by atoms with E-state index in [-0.39, 0.29) is 66.2 Å². The number of likely N-dealkylation sites (tertiary alicyclic amines) is 1. The van der Waals surface area contributed by atoms with Gasteiger partial charge in [0.15, 0.2) is 11.5 Å². The van der Waals surface area contributed by atoms with E-state index < -0.39 is 89.2 Å². The number of nitrogens with two attached hydrogens (primary N) is 1. The molecule has 1 unspecified atom stereocenters. The standard InChI is InChI=1S/C62H81ClN8O15S/c1-34-15-12-16-48(82-11)62(80)33-46(84-59(79)66-62)35(2)55-61(7,86-55)49(30-51(74)69(9)42-26-38(25-34)27-45(81-10)54(42)63)85-58(78)37(4)68(8)50(73)19-24-87-47-29-52(75)70(57(47)77)21-14-23-83-22-13-20-65-41-28-39(17-18-40(41)56(64)76)71-43-31-60(5,6)32-44(72)53(43)36(3)67-71/h12,15-18,26-28,35,37,46-49,55,65,80H,13-14,19-25,29-33H2,1-11H3,(H2,64,76)(H,66,79)/b16-12+,34-15+/t35-,37+,46+,47?,48-,49+,55+,61+,62+/m1/s1. The first-order chi connectivity index (χ1) is 41.1. The van der Waals surface area contributed by atoms with Crippen molar-refractivity contribution in [1.82, 2.24) is 24.9 Å². The average molecular weight is 1250 g/mol. The Hall–Kier alpha value is -6.83. The van der Waals surface area contributed by atoms with Gasteiger partial charge in [-0.25, -0.2) is 14.3 Å². The van der Waals surface area contributed by atoms with Crippen molar-refractivity contribution in [3.63, 3.8) is 0 Å². The van der Waals surface area contributed by atoms with Crippen molar-refractivity contribution in [1.29, 1.82) is 0 Å². The smallest absolute Gasteiger partial charge is 0.409 e. The van der Waals surface area contributed by atoms with Crippen LogP contribution in [0.2, 0.25) is 5.02 Å². The number of carbonyl (C=O) groups is 8. The summed E-state index contributed by atoms with van der Waals surface area (Å²) >= 11 is 8.02. The number of allylic oxidation sites excluding steroid dienone is 3. The van der Waals surface area contributed by atoms with E-state index in [1.807, 2.05) is 19.9 Å². The van der Waals surface area contributed by atoms with E-state index in [0.29, 0.717) is 84.9 Å². The number of esters is 1. The number of likely N-dealkylation sites (N-methyl/N-ethyl adjacent to an activating group) is 1. The van der Waals surface area contributed by atoms with E-state index in [1.54, 1.807) is 68.1 Å². The van der Waals surface area contributed by atoms with Crippen molar-refractivity contribution < 1.29 is 71.9 Å². The summed E-state index contributed by atoms with van der Waals surface area (Å²) in [6.07, 6.45) is 2.28. The lowest BCUT2D eigenvalue weighted by molar-refractivity contribution is -0.162. The quantitative estimate of drug-likeness (QED) is 0.0410. The van der Waals surface area contributed by atoms with Gasteiger partial charge in [-0.15, -0.1) is 11.8 Å².